The summed E-state index contributed by atoms with van der Waals surface area (Å²) in [6.07, 6.45) is -0.538. The average molecular weight is 325 g/mol. The number of amides is 4. The molecule has 116 valence electrons. The molecule has 1 fully saturated rings. The molecule has 22 heavy (non-hydrogen) atoms. The number of carbonyl (C=O) groups is 4. The summed E-state index contributed by atoms with van der Waals surface area (Å²) in [6, 6.07) is 0. The summed E-state index contributed by atoms with van der Waals surface area (Å²) in [6.45, 7) is 1.21. The van der Waals surface area contributed by atoms with Crippen LogP contribution < -0.4 is 10.6 Å². The lowest BCUT2D eigenvalue weighted by Gasteiger charge is -2.35. The third kappa shape index (κ3) is 2.08. The van der Waals surface area contributed by atoms with E-state index in [1.807, 2.05) is 5.32 Å². The molecule has 2 aliphatic heterocycles. The van der Waals surface area contributed by atoms with Crippen LogP contribution >= 0.6 is 11.3 Å². The Labute approximate surface area is 128 Å². The fraction of sp³-hybridized carbons (Fsp3) is 0.385. The Balaban J connectivity index is 1.90. The first-order chi connectivity index (χ1) is 10.3. The van der Waals surface area contributed by atoms with Gasteiger partial charge in [-0.1, -0.05) is 0 Å². The minimum Gasteiger partial charge on any atom is -0.318 e. The van der Waals surface area contributed by atoms with Crippen LogP contribution in [0.15, 0.2) is 5.38 Å². The van der Waals surface area contributed by atoms with Crippen molar-refractivity contribution < 1.29 is 23.6 Å². The van der Waals surface area contributed by atoms with Gasteiger partial charge in [0.2, 0.25) is 11.8 Å². The average Bonchev–Trinajstić information content (AvgIpc) is 2.96. The molecule has 2 aliphatic rings. The van der Waals surface area contributed by atoms with Crippen molar-refractivity contribution in [2.45, 2.75) is 32.1 Å². The van der Waals surface area contributed by atoms with E-state index in [-0.39, 0.29) is 30.9 Å². The van der Waals surface area contributed by atoms with Gasteiger partial charge in [0.1, 0.15) is 5.00 Å². The highest BCUT2D eigenvalue weighted by Gasteiger charge is 2.53. The van der Waals surface area contributed by atoms with Crippen molar-refractivity contribution in [2.75, 3.05) is 5.32 Å². The van der Waals surface area contributed by atoms with Gasteiger partial charge in [-0.3, -0.25) is 29.4 Å². The van der Waals surface area contributed by atoms with Gasteiger partial charge in [0.25, 0.3) is 17.6 Å². The van der Waals surface area contributed by atoms with Gasteiger partial charge in [0.15, 0.2) is 0 Å². The number of carbonyl (C=O) groups excluding carboxylic acids is 4. The van der Waals surface area contributed by atoms with E-state index in [1.165, 1.54) is 23.6 Å². The number of nitrogens with one attached hydrogen (secondary N) is 2. The minimum absolute atomic E-state index is 0.120. The van der Waals surface area contributed by atoms with Gasteiger partial charge in [-0.25, -0.2) is 4.39 Å². The minimum atomic E-state index is -2.55. The highest BCUT2D eigenvalue weighted by atomic mass is 32.1. The van der Waals surface area contributed by atoms with Gasteiger partial charge in [0.05, 0.1) is 12.1 Å². The van der Waals surface area contributed by atoms with Crippen LogP contribution in [0.25, 0.3) is 0 Å². The Kier molecular flexibility index (Phi) is 3.24. The van der Waals surface area contributed by atoms with Crippen LogP contribution in [0.1, 0.15) is 35.7 Å². The van der Waals surface area contributed by atoms with E-state index in [0.717, 1.165) is 4.90 Å². The van der Waals surface area contributed by atoms with E-state index in [1.54, 1.807) is 0 Å². The molecule has 0 saturated carbocycles. The quantitative estimate of drug-likeness (QED) is 0.620. The summed E-state index contributed by atoms with van der Waals surface area (Å²) in [5.41, 5.74) is 0.766. The number of hydrogen-bond acceptors (Lipinski definition) is 5. The molecule has 0 aliphatic carbocycles. The number of nitrogens with zero attached hydrogens (tertiary/aromatic N) is 1. The summed E-state index contributed by atoms with van der Waals surface area (Å²) < 4.78 is 15.0. The predicted molar refractivity (Wildman–Crippen MR) is 74.7 cm³/mol. The first-order valence-electron chi connectivity index (χ1n) is 6.56. The zero-order valence-corrected chi connectivity index (χ0v) is 12.4. The van der Waals surface area contributed by atoms with Crippen molar-refractivity contribution in [3.63, 3.8) is 0 Å². The second kappa shape index (κ2) is 4.87. The molecule has 2 N–H and O–H groups in total. The lowest BCUT2D eigenvalue weighted by Crippen LogP contribution is -2.60. The summed E-state index contributed by atoms with van der Waals surface area (Å²) >= 11 is 1.18. The van der Waals surface area contributed by atoms with Gasteiger partial charge in [0, 0.05) is 30.7 Å². The van der Waals surface area contributed by atoms with Crippen LogP contribution in [0.5, 0.6) is 0 Å². The lowest BCUT2D eigenvalue weighted by atomic mass is 10.0. The van der Waals surface area contributed by atoms with E-state index >= 15 is 0 Å². The monoisotopic (exact) mass is 325 g/mol. The number of rotatable bonds is 2. The number of thiophene rings is 1. The second-order valence-electron chi connectivity index (χ2n) is 5.17. The van der Waals surface area contributed by atoms with Crippen LogP contribution in [0.4, 0.5) is 9.39 Å². The second-order valence-corrected chi connectivity index (χ2v) is 6.05. The maximum Gasteiger partial charge on any atom is 0.285 e. The number of fused-ring (bicyclic) bond motifs is 1. The molecular formula is C13H12FN3O4S. The topological polar surface area (TPSA) is 95.6 Å². The first-order valence-corrected chi connectivity index (χ1v) is 7.44. The van der Waals surface area contributed by atoms with E-state index < -0.39 is 23.5 Å². The summed E-state index contributed by atoms with van der Waals surface area (Å²) in [5.74, 6) is -5.14. The van der Waals surface area contributed by atoms with Gasteiger partial charge in [-0.2, -0.15) is 0 Å². The molecule has 1 aromatic rings. The predicted octanol–water partition coefficient (Wildman–Crippen LogP) is 0.765. The first kappa shape index (κ1) is 14.6. The maximum atomic E-state index is 15.0. The van der Waals surface area contributed by atoms with E-state index in [4.69, 9.17) is 0 Å². The number of alkyl halides is 1. The van der Waals surface area contributed by atoms with Crippen molar-refractivity contribution in [1.29, 1.82) is 0 Å². The Morgan fingerprint density at radius 3 is 2.82 bits per heavy atom. The summed E-state index contributed by atoms with van der Waals surface area (Å²) in [4.78, 5) is 47.3. The summed E-state index contributed by atoms with van der Waals surface area (Å²) in [5, 5.41) is 6.50. The van der Waals surface area contributed by atoms with Gasteiger partial charge < -0.3 is 5.32 Å². The van der Waals surface area contributed by atoms with Crippen molar-refractivity contribution in [3.8, 4) is 0 Å². The van der Waals surface area contributed by atoms with Gasteiger partial charge in [-0.05, 0) is 0 Å². The number of anilines is 1. The molecule has 1 aromatic heterocycles. The molecule has 0 aromatic carbocycles. The van der Waals surface area contributed by atoms with Gasteiger partial charge >= 0.3 is 0 Å². The zero-order chi connectivity index (χ0) is 16.1. The number of piperidine rings is 1. The fourth-order valence-corrected chi connectivity index (χ4v) is 3.58. The van der Waals surface area contributed by atoms with Crippen molar-refractivity contribution in [2.24, 2.45) is 0 Å². The SMILES string of the molecule is CC(=O)Nc1scc2c1CN([C@]1(F)CCC(=O)NC1=O)C2=O. The molecule has 7 nitrogen and oxygen atoms in total. The molecule has 1 saturated heterocycles. The molecule has 0 unspecified atom stereocenters. The Hall–Kier alpha value is -2.29. The van der Waals surface area contributed by atoms with Crippen LogP contribution in [-0.4, -0.2) is 34.3 Å². The number of hydrogen-bond donors (Lipinski definition) is 2. The molecule has 0 spiro atoms. The molecule has 3 heterocycles. The van der Waals surface area contributed by atoms with Crippen molar-refractivity contribution in [1.82, 2.24) is 10.2 Å². The Bertz CT molecular complexity index is 716. The van der Waals surface area contributed by atoms with E-state index in [0.29, 0.717) is 10.6 Å². The van der Waals surface area contributed by atoms with Gasteiger partial charge in [-0.15, -0.1) is 11.3 Å². The van der Waals surface area contributed by atoms with E-state index in [2.05, 4.69) is 5.32 Å². The highest BCUT2D eigenvalue weighted by Crippen LogP contribution is 2.40. The normalized spacial score (nSPS) is 24.3. The Morgan fingerprint density at radius 1 is 1.45 bits per heavy atom. The van der Waals surface area contributed by atoms with Crippen LogP contribution in [0, 0.1) is 0 Å². The maximum absolute atomic E-state index is 15.0. The molecule has 3 rings (SSSR count). The zero-order valence-electron chi connectivity index (χ0n) is 11.6. The third-order valence-electron chi connectivity index (χ3n) is 3.69. The van der Waals surface area contributed by atoms with Crippen LogP contribution in [-0.2, 0) is 20.9 Å². The molecule has 0 radical (unpaired) electrons. The lowest BCUT2D eigenvalue weighted by molar-refractivity contribution is -0.154. The largest absolute Gasteiger partial charge is 0.318 e. The summed E-state index contributed by atoms with van der Waals surface area (Å²) in [7, 11) is 0. The fourth-order valence-electron chi connectivity index (χ4n) is 2.58. The van der Waals surface area contributed by atoms with Crippen molar-refractivity contribution in [3.05, 3.63) is 16.5 Å². The smallest absolute Gasteiger partial charge is 0.285 e. The molecular weight excluding hydrogens is 313 g/mol. The third-order valence-corrected chi connectivity index (χ3v) is 4.62. The van der Waals surface area contributed by atoms with Crippen molar-refractivity contribution >= 4 is 40.0 Å². The molecule has 1 atom stereocenters. The van der Waals surface area contributed by atoms with Crippen LogP contribution in [0.2, 0.25) is 0 Å². The Morgan fingerprint density at radius 2 is 2.18 bits per heavy atom. The molecule has 4 amide bonds. The molecule has 0 bridgehead atoms. The molecule has 9 heteroatoms. The van der Waals surface area contributed by atoms with Crippen LogP contribution in [0.3, 0.4) is 0 Å². The number of halogens is 1. The van der Waals surface area contributed by atoms with E-state index in [9.17, 15) is 23.6 Å². The standard InChI is InChI=1S/C13H12FN3O4S/c1-6(18)15-10-7-4-17(11(20)8(7)5-22-10)13(14)3-2-9(19)16-12(13)21/h5H,2-4H2,1H3,(H,15,18)(H,16,19,21)/t13-/m1/s1. The highest BCUT2D eigenvalue weighted by molar-refractivity contribution is 7.15. The number of imide groups is 1.